The highest BCUT2D eigenvalue weighted by atomic mass is 16.8. The van der Waals surface area contributed by atoms with E-state index in [2.05, 4.69) is 14.3 Å². The van der Waals surface area contributed by atoms with Crippen LogP contribution in [0.1, 0.15) is 19.4 Å². The summed E-state index contributed by atoms with van der Waals surface area (Å²) in [6, 6.07) is 8.95. The first-order chi connectivity index (χ1) is 10.6. The van der Waals surface area contributed by atoms with E-state index in [4.69, 9.17) is 0 Å². The molecule has 0 bridgehead atoms. The molecule has 0 aliphatic rings. The molecule has 1 rings (SSSR count). The molecule has 7 nitrogen and oxygen atoms in total. The van der Waals surface area contributed by atoms with Gasteiger partial charge in [-0.2, -0.15) is 0 Å². The zero-order valence-electron chi connectivity index (χ0n) is 12.4. The van der Waals surface area contributed by atoms with Crippen molar-refractivity contribution in [3.05, 3.63) is 42.0 Å². The van der Waals surface area contributed by atoms with Gasteiger partial charge in [-0.3, -0.25) is 9.63 Å². The first-order valence-corrected chi connectivity index (χ1v) is 6.67. The van der Waals surface area contributed by atoms with Gasteiger partial charge in [0.2, 0.25) is 0 Å². The lowest BCUT2D eigenvalue weighted by molar-refractivity contribution is -0.158. The number of amides is 2. The Kier molecular flexibility index (Phi) is 7.18. The van der Waals surface area contributed by atoms with Gasteiger partial charge >= 0.3 is 12.2 Å². The van der Waals surface area contributed by atoms with Crippen molar-refractivity contribution in [3.8, 4) is 0 Å². The van der Waals surface area contributed by atoms with Gasteiger partial charge in [-0.1, -0.05) is 35.4 Å². The Morgan fingerprint density at radius 2 is 1.68 bits per heavy atom. The molecule has 7 heteroatoms. The van der Waals surface area contributed by atoms with Gasteiger partial charge in [-0.25, -0.2) is 9.59 Å². The Morgan fingerprint density at radius 1 is 1.05 bits per heavy atom. The largest absolute Gasteiger partial charge is 0.534 e. The summed E-state index contributed by atoms with van der Waals surface area (Å²) in [5.41, 5.74) is 0.746. The van der Waals surface area contributed by atoms with Crippen LogP contribution in [0.2, 0.25) is 0 Å². The van der Waals surface area contributed by atoms with E-state index in [0.717, 1.165) is 11.6 Å². The molecule has 0 unspecified atom stereocenters. The highest BCUT2D eigenvalue weighted by Crippen LogP contribution is 2.05. The molecule has 0 saturated heterocycles. The van der Waals surface area contributed by atoms with Gasteiger partial charge in [0.05, 0.1) is 13.2 Å². The average molecular weight is 307 g/mol. The summed E-state index contributed by atoms with van der Waals surface area (Å²) < 4.78 is 9.18. The maximum Gasteiger partial charge on any atom is 0.534 e. The Bertz CT molecular complexity index is 540. The third kappa shape index (κ3) is 5.66. The second-order valence-electron chi connectivity index (χ2n) is 3.85. The standard InChI is InChI=1S/C15H17NO6/c1-3-20-14(18)16(22-15(19)21-4-2)13(17)11-10-12-8-6-5-7-9-12/h5-11H,3-4H2,1-2H3/b11-10+. The van der Waals surface area contributed by atoms with Crippen LogP contribution in [0.15, 0.2) is 36.4 Å². The van der Waals surface area contributed by atoms with Gasteiger partial charge in [-0.05, 0) is 25.5 Å². The van der Waals surface area contributed by atoms with Crippen LogP contribution < -0.4 is 0 Å². The number of hydrogen-bond acceptors (Lipinski definition) is 6. The molecular weight excluding hydrogens is 290 g/mol. The van der Waals surface area contributed by atoms with Crippen LogP contribution in [0.5, 0.6) is 0 Å². The number of benzene rings is 1. The van der Waals surface area contributed by atoms with Crippen molar-refractivity contribution >= 4 is 24.2 Å². The van der Waals surface area contributed by atoms with E-state index < -0.39 is 18.2 Å². The van der Waals surface area contributed by atoms with E-state index in [0.29, 0.717) is 0 Å². The lowest BCUT2D eigenvalue weighted by Gasteiger charge is -2.16. The molecule has 1 aromatic rings. The summed E-state index contributed by atoms with van der Waals surface area (Å²) >= 11 is 0. The van der Waals surface area contributed by atoms with Gasteiger partial charge in [-0.15, -0.1) is 0 Å². The Labute approximate surface area is 128 Å². The van der Waals surface area contributed by atoms with Crippen LogP contribution in [-0.4, -0.2) is 36.4 Å². The third-order valence-corrected chi connectivity index (χ3v) is 2.28. The number of hydroxylamine groups is 2. The van der Waals surface area contributed by atoms with Crippen LogP contribution >= 0.6 is 0 Å². The molecular formula is C15H17NO6. The molecule has 2 amide bonds. The fraction of sp³-hybridized carbons (Fsp3) is 0.267. The third-order valence-electron chi connectivity index (χ3n) is 2.28. The molecule has 1 aromatic carbocycles. The summed E-state index contributed by atoms with van der Waals surface area (Å²) in [6.07, 6.45) is 0.296. The molecule has 0 saturated carbocycles. The van der Waals surface area contributed by atoms with Crippen molar-refractivity contribution in [1.29, 1.82) is 0 Å². The molecule has 0 aliphatic heterocycles. The van der Waals surface area contributed by atoms with Crippen molar-refractivity contribution in [2.45, 2.75) is 13.8 Å². The predicted octanol–water partition coefficient (Wildman–Crippen LogP) is 2.77. The summed E-state index contributed by atoms with van der Waals surface area (Å²) in [6.45, 7) is 3.19. The predicted molar refractivity (Wildman–Crippen MR) is 77.5 cm³/mol. The summed E-state index contributed by atoms with van der Waals surface area (Å²) in [5.74, 6) is -0.865. The van der Waals surface area contributed by atoms with Gasteiger partial charge in [0, 0.05) is 6.08 Å². The number of hydrogen-bond donors (Lipinski definition) is 0. The lowest BCUT2D eigenvalue weighted by Crippen LogP contribution is -2.38. The summed E-state index contributed by atoms with van der Waals surface area (Å²) in [5, 5.41) is 0.209. The molecule has 0 aliphatic carbocycles. The van der Waals surface area contributed by atoms with E-state index >= 15 is 0 Å². The number of imide groups is 1. The minimum Gasteiger partial charge on any atom is -0.447 e. The van der Waals surface area contributed by atoms with Crippen molar-refractivity contribution in [2.75, 3.05) is 13.2 Å². The van der Waals surface area contributed by atoms with Crippen LogP contribution in [-0.2, 0) is 19.1 Å². The fourth-order valence-corrected chi connectivity index (χ4v) is 1.37. The molecule has 0 atom stereocenters. The molecule has 0 heterocycles. The number of rotatable bonds is 4. The smallest absolute Gasteiger partial charge is 0.447 e. The zero-order chi connectivity index (χ0) is 16.4. The van der Waals surface area contributed by atoms with Crippen LogP contribution in [0.25, 0.3) is 6.08 Å². The van der Waals surface area contributed by atoms with Crippen molar-refractivity contribution in [3.63, 3.8) is 0 Å². The molecule has 0 N–H and O–H groups in total. The zero-order valence-corrected chi connectivity index (χ0v) is 12.4. The van der Waals surface area contributed by atoms with Crippen molar-refractivity contribution in [2.24, 2.45) is 0 Å². The molecule has 118 valence electrons. The normalized spacial score (nSPS) is 10.1. The van der Waals surface area contributed by atoms with Gasteiger partial charge in [0.1, 0.15) is 0 Å². The van der Waals surface area contributed by atoms with Gasteiger partial charge < -0.3 is 9.47 Å². The number of ether oxygens (including phenoxy) is 2. The van der Waals surface area contributed by atoms with Crippen LogP contribution in [0.4, 0.5) is 9.59 Å². The Morgan fingerprint density at radius 3 is 2.27 bits per heavy atom. The molecule has 0 spiro atoms. The van der Waals surface area contributed by atoms with Gasteiger partial charge in [0.15, 0.2) is 0 Å². The van der Waals surface area contributed by atoms with E-state index in [1.165, 1.54) is 6.08 Å². The molecule has 22 heavy (non-hydrogen) atoms. The summed E-state index contributed by atoms with van der Waals surface area (Å²) in [4.78, 5) is 39.5. The second-order valence-corrected chi connectivity index (χ2v) is 3.85. The second kappa shape index (κ2) is 9.17. The number of carbonyl (C=O) groups is 3. The highest BCUT2D eigenvalue weighted by Gasteiger charge is 2.26. The highest BCUT2D eigenvalue weighted by molar-refractivity contribution is 6.00. The average Bonchev–Trinajstić information content (AvgIpc) is 2.52. The Balaban J connectivity index is 2.80. The van der Waals surface area contributed by atoms with E-state index in [1.54, 1.807) is 38.1 Å². The van der Waals surface area contributed by atoms with E-state index in [-0.39, 0.29) is 18.3 Å². The monoisotopic (exact) mass is 307 g/mol. The minimum atomic E-state index is -1.17. The molecule has 0 aromatic heterocycles. The number of carbonyl (C=O) groups excluding carboxylic acids is 3. The Hall–Kier alpha value is -2.83. The fourth-order valence-electron chi connectivity index (χ4n) is 1.37. The van der Waals surface area contributed by atoms with Crippen molar-refractivity contribution < 1.29 is 28.7 Å². The summed E-state index contributed by atoms with van der Waals surface area (Å²) in [7, 11) is 0. The SMILES string of the molecule is CCOC(=O)ON(C(=O)/C=C/c1ccccc1)C(=O)OCC. The quantitative estimate of drug-likeness (QED) is 0.483. The molecule has 0 fully saturated rings. The number of nitrogens with zero attached hydrogens (tertiary/aromatic N) is 1. The molecule has 0 radical (unpaired) electrons. The van der Waals surface area contributed by atoms with Crippen LogP contribution in [0, 0.1) is 0 Å². The van der Waals surface area contributed by atoms with E-state index in [9.17, 15) is 14.4 Å². The van der Waals surface area contributed by atoms with Gasteiger partial charge in [0.25, 0.3) is 5.91 Å². The first kappa shape index (κ1) is 17.2. The first-order valence-electron chi connectivity index (χ1n) is 6.67. The van der Waals surface area contributed by atoms with Crippen LogP contribution in [0.3, 0.4) is 0 Å². The minimum absolute atomic E-state index is 0.0250. The topological polar surface area (TPSA) is 82.1 Å². The van der Waals surface area contributed by atoms with Crippen molar-refractivity contribution in [1.82, 2.24) is 5.06 Å². The maximum absolute atomic E-state index is 12.0. The van der Waals surface area contributed by atoms with E-state index in [1.807, 2.05) is 6.07 Å². The lowest BCUT2D eigenvalue weighted by atomic mass is 10.2. The maximum atomic E-state index is 12.0.